The van der Waals surface area contributed by atoms with Gasteiger partial charge in [0.15, 0.2) is 6.61 Å². The molecular formula is C19H17N5O4. The summed E-state index contributed by atoms with van der Waals surface area (Å²) in [6.07, 6.45) is 2.95. The SMILES string of the molecule is CC(=O)Nc1ccc(NC(=O)COC(=O)c2ccc(-n3cncn3)cc2)cc1. The molecule has 2 N–H and O–H groups in total. The Morgan fingerprint density at radius 1 is 0.964 bits per heavy atom. The van der Waals surface area contributed by atoms with Crippen LogP contribution in [0.15, 0.2) is 61.2 Å². The first-order valence-electron chi connectivity index (χ1n) is 8.31. The van der Waals surface area contributed by atoms with E-state index in [0.717, 1.165) is 5.69 Å². The molecule has 28 heavy (non-hydrogen) atoms. The molecule has 1 heterocycles. The zero-order chi connectivity index (χ0) is 19.9. The average molecular weight is 379 g/mol. The monoisotopic (exact) mass is 379 g/mol. The highest BCUT2D eigenvalue weighted by molar-refractivity contribution is 5.96. The number of carbonyl (C=O) groups excluding carboxylic acids is 3. The molecule has 2 aromatic carbocycles. The Bertz CT molecular complexity index is 967. The molecule has 0 radical (unpaired) electrons. The van der Waals surface area contributed by atoms with E-state index >= 15 is 0 Å². The summed E-state index contributed by atoms with van der Waals surface area (Å²) in [4.78, 5) is 38.9. The summed E-state index contributed by atoms with van der Waals surface area (Å²) in [6.45, 7) is 0.989. The Morgan fingerprint density at radius 3 is 2.18 bits per heavy atom. The van der Waals surface area contributed by atoms with E-state index in [2.05, 4.69) is 20.7 Å². The maximum Gasteiger partial charge on any atom is 0.338 e. The zero-order valence-electron chi connectivity index (χ0n) is 15.0. The lowest BCUT2D eigenvalue weighted by atomic mass is 10.2. The molecule has 9 nitrogen and oxygen atoms in total. The number of hydrogen-bond donors (Lipinski definition) is 2. The Labute approximate surface area is 160 Å². The van der Waals surface area contributed by atoms with E-state index in [4.69, 9.17) is 4.74 Å². The van der Waals surface area contributed by atoms with Gasteiger partial charge in [0.05, 0.1) is 11.3 Å². The third-order valence-electron chi connectivity index (χ3n) is 3.61. The van der Waals surface area contributed by atoms with Gasteiger partial charge in [-0.1, -0.05) is 0 Å². The van der Waals surface area contributed by atoms with E-state index < -0.39 is 18.5 Å². The molecule has 0 fully saturated rings. The molecule has 2 amide bonds. The van der Waals surface area contributed by atoms with E-state index in [-0.39, 0.29) is 5.91 Å². The molecule has 0 spiro atoms. The molecule has 0 atom stereocenters. The smallest absolute Gasteiger partial charge is 0.338 e. The van der Waals surface area contributed by atoms with Crippen LogP contribution in [0.4, 0.5) is 11.4 Å². The van der Waals surface area contributed by atoms with Crippen LogP contribution in [0.1, 0.15) is 17.3 Å². The summed E-state index contributed by atoms with van der Waals surface area (Å²) in [7, 11) is 0. The lowest BCUT2D eigenvalue weighted by molar-refractivity contribution is -0.119. The minimum Gasteiger partial charge on any atom is -0.452 e. The fraction of sp³-hybridized carbons (Fsp3) is 0.105. The van der Waals surface area contributed by atoms with Crippen LogP contribution in [0, 0.1) is 0 Å². The Hall–Kier alpha value is -4.01. The van der Waals surface area contributed by atoms with Gasteiger partial charge in [0, 0.05) is 18.3 Å². The van der Waals surface area contributed by atoms with Gasteiger partial charge in [0.25, 0.3) is 5.91 Å². The van der Waals surface area contributed by atoms with E-state index in [0.29, 0.717) is 16.9 Å². The lowest BCUT2D eigenvalue weighted by Gasteiger charge is -2.08. The fourth-order valence-corrected chi connectivity index (χ4v) is 2.34. The van der Waals surface area contributed by atoms with Gasteiger partial charge >= 0.3 is 5.97 Å². The number of carbonyl (C=O) groups is 3. The zero-order valence-corrected chi connectivity index (χ0v) is 15.0. The predicted molar refractivity (Wildman–Crippen MR) is 101 cm³/mol. The summed E-state index contributed by atoms with van der Waals surface area (Å²) in [5.74, 6) is -1.26. The first-order valence-corrected chi connectivity index (χ1v) is 8.31. The highest BCUT2D eigenvalue weighted by Gasteiger charge is 2.11. The molecule has 0 saturated heterocycles. The van der Waals surface area contributed by atoms with Crippen LogP contribution in [0.25, 0.3) is 5.69 Å². The van der Waals surface area contributed by atoms with E-state index in [1.807, 2.05) is 0 Å². The van der Waals surface area contributed by atoms with Crippen molar-refractivity contribution < 1.29 is 19.1 Å². The molecule has 0 unspecified atom stereocenters. The van der Waals surface area contributed by atoms with Crippen LogP contribution in [0.2, 0.25) is 0 Å². The number of nitrogens with one attached hydrogen (secondary N) is 2. The van der Waals surface area contributed by atoms with Gasteiger partial charge in [-0.15, -0.1) is 0 Å². The first kappa shape index (κ1) is 18.8. The third-order valence-corrected chi connectivity index (χ3v) is 3.61. The number of nitrogens with zero attached hydrogens (tertiary/aromatic N) is 3. The number of aromatic nitrogens is 3. The third kappa shape index (κ3) is 5.01. The minimum absolute atomic E-state index is 0.182. The number of amides is 2. The van der Waals surface area contributed by atoms with Crippen LogP contribution in [-0.2, 0) is 14.3 Å². The van der Waals surface area contributed by atoms with Gasteiger partial charge in [0.2, 0.25) is 5.91 Å². The van der Waals surface area contributed by atoms with Gasteiger partial charge in [0.1, 0.15) is 12.7 Å². The van der Waals surface area contributed by atoms with Crippen molar-refractivity contribution in [2.45, 2.75) is 6.92 Å². The molecule has 0 aliphatic heterocycles. The molecule has 0 saturated carbocycles. The van der Waals surface area contributed by atoms with Crippen molar-refractivity contribution in [1.82, 2.24) is 14.8 Å². The van der Waals surface area contributed by atoms with Crippen molar-refractivity contribution in [3.63, 3.8) is 0 Å². The molecule has 0 aliphatic carbocycles. The van der Waals surface area contributed by atoms with Crippen molar-refractivity contribution in [2.75, 3.05) is 17.2 Å². The number of hydrogen-bond acceptors (Lipinski definition) is 6. The lowest BCUT2D eigenvalue weighted by Crippen LogP contribution is -2.21. The number of anilines is 2. The standard InChI is InChI=1S/C19H17N5O4/c1-13(25)22-15-4-6-16(7-5-15)23-18(26)10-28-19(27)14-2-8-17(9-3-14)24-12-20-11-21-24/h2-9,11-12H,10H2,1H3,(H,22,25)(H,23,26). The summed E-state index contributed by atoms with van der Waals surface area (Å²) in [5.41, 5.74) is 2.20. The number of esters is 1. The van der Waals surface area contributed by atoms with Crippen molar-refractivity contribution in [2.24, 2.45) is 0 Å². The largest absolute Gasteiger partial charge is 0.452 e. The molecule has 142 valence electrons. The second-order valence-electron chi connectivity index (χ2n) is 5.77. The summed E-state index contributed by atoms with van der Waals surface area (Å²) >= 11 is 0. The predicted octanol–water partition coefficient (Wildman–Crippen LogP) is 2.02. The maximum absolute atomic E-state index is 12.1. The molecule has 0 bridgehead atoms. The van der Waals surface area contributed by atoms with Crippen molar-refractivity contribution >= 4 is 29.2 Å². The number of ether oxygens (including phenoxy) is 1. The minimum atomic E-state index is -0.610. The number of benzene rings is 2. The quantitative estimate of drug-likeness (QED) is 0.633. The van der Waals surface area contributed by atoms with Crippen LogP contribution < -0.4 is 10.6 Å². The molecule has 1 aromatic heterocycles. The second-order valence-corrected chi connectivity index (χ2v) is 5.77. The van der Waals surface area contributed by atoms with Gasteiger partial charge in [-0.25, -0.2) is 14.5 Å². The van der Waals surface area contributed by atoms with E-state index in [1.54, 1.807) is 59.5 Å². The Balaban J connectivity index is 1.50. The summed E-state index contributed by atoms with van der Waals surface area (Å²) in [5, 5.41) is 9.23. The van der Waals surface area contributed by atoms with Crippen LogP contribution in [-0.4, -0.2) is 39.2 Å². The molecule has 3 rings (SSSR count). The first-order chi connectivity index (χ1) is 13.5. The van der Waals surface area contributed by atoms with Crippen molar-refractivity contribution in [3.05, 3.63) is 66.7 Å². The summed E-state index contributed by atoms with van der Waals surface area (Å²) in [6, 6.07) is 13.1. The van der Waals surface area contributed by atoms with Crippen LogP contribution in [0.5, 0.6) is 0 Å². The van der Waals surface area contributed by atoms with Gasteiger partial charge in [-0.3, -0.25) is 9.59 Å². The van der Waals surface area contributed by atoms with Crippen molar-refractivity contribution in [3.8, 4) is 5.69 Å². The molecule has 9 heteroatoms. The van der Waals surface area contributed by atoms with Crippen LogP contribution >= 0.6 is 0 Å². The fourth-order valence-electron chi connectivity index (χ4n) is 2.34. The Morgan fingerprint density at radius 2 is 1.61 bits per heavy atom. The molecular weight excluding hydrogens is 362 g/mol. The second kappa shape index (κ2) is 8.58. The molecule has 0 aliphatic rings. The van der Waals surface area contributed by atoms with Crippen molar-refractivity contribution in [1.29, 1.82) is 0 Å². The summed E-state index contributed by atoms with van der Waals surface area (Å²) < 4.78 is 6.58. The normalized spacial score (nSPS) is 10.2. The highest BCUT2D eigenvalue weighted by atomic mass is 16.5. The number of rotatable bonds is 6. The average Bonchev–Trinajstić information content (AvgIpc) is 3.22. The topological polar surface area (TPSA) is 115 Å². The van der Waals surface area contributed by atoms with Gasteiger partial charge in [-0.05, 0) is 48.5 Å². The van der Waals surface area contributed by atoms with Gasteiger partial charge < -0.3 is 15.4 Å². The van der Waals surface area contributed by atoms with E-state index in [1.165, 1.54) is 13.3 Å². The van der Waals surface area contributed by atoms with Crippen LogP contribution in [0.3, 0.4) is 0 Å². The molecule has 3 aromatic rings. The highest BCUT2D eigenvalue weighted by Crippen LogP contribution is 2.14. The Kier molecular flexibility index (Phi) is 5.75. The maximum atomic E-state index is 12.1. The van der Waals surface area contributed by atoms with E-state index in [9.17, 15) is 14.4 Å². The van der Waals surface area contributed by atoms with Gasteiger partial charge in [-0.2, -0.15) is 5.10 Å².